The molecule has 1 aromatic rings. The zero-order valence-electron chi connectivity index (χ0n) is 13.9. The Morgan fingerprint density at radius 3 is 2.48 bits per heavy atom. The fourth-order valence-electron chi connectivity index (χ4n) is 2.03. The van der Waals surface area contributed by atoms with E-state index in [4.69, 9.17) is 9.47 Å². The lowest BCUT2D eigenvalue weighted by Crippen LogP contribution is -2.31. The lowest BCUT2D eigenvalue weighted by molar-refractivity contribution is -0.144. The van der Waals surface area contributed by atoms with E-state index in [1.54, 1.807) is 0 Å². The molecular weight excluding hydrogens is 294 g/mol. The third kappa shape index (κ3) is 10.3. The van der Waals surface area contributed by atoms with Gasteiger partial charge >= 0.3 is 5.97 Å². The van der Waals surface area contributed by atoms with Crippen molar-refractivity contribution in [3.05, 3.63) is 30.3 Å². The number of carbonyl (C=O) groups is 2. The van der Waals surface area contributed by atoms with Gasteiger partial charge in [0, 0.05) is 6.42 Å². The second-order valence-corrected chi connectivity index (χ2v) is 5.32. The number of ether oxygens (including phenoxy) is 2. The summed E-state index contributed by atoms with van der Waals surface area (Å²) in [5.41, 5.74) is 0. The molecule has 0 saturated heterocycles. The van der Waals surface area contributed by atoms with Crippen LogP contribution in [0.5, 0.6) is 5.75 Å². The van der Waals surface area contributed by atoms with E-state index in [-0.39, 0.29) is 19.1 Å². The van der Waals surface area contributed by atoms with E-state index in [9.17, 15) is 9.59 Å². The molecule has 1 N–H and O–H groups in total. The van der Waals surface area contributed by atoms with Crippen molar-refractivity contribution in [3.8, 4) is 5.75 Å². The molecule has 1 amide bonds. The predicted octanol–water partition coefficient (Wildman–Crippen LogP) is 3.09. The van der Waals surface area contributed by atoms with Crippen molar-refractivity contribution in [2.45, 2.75) is 45.4 Å². The number of hydrogen-bond donors (Lipinski definition) is 1. The van der Waals surface area contributed by atoms with Crippen LogP contribution in [0.1, 0.15) is 45.4 Å². The molecular formula is C18H27NO4. The molecule has 0 bridgehead atoms. The number of esters is 1. The average molecular weight is 321 g/mol. The minimum atomic E-state index is -0.444. The molecule has 23 heavy (non-hydrogen) atoms. The van der Waals surface area contributed by atoms with E-state index in [0.29, 0.717) is 13.0 Å². The van der Waals surface area contributed by atoms with Crippen molar-refractivity contribution in [2.75, 3.05) is 19.8 Å². The number of amides is 1. The average Bonchev–Trinajstić information content (AvgIpc) is 2.57. The van der Waals surface area contributed by atoms with Crippen LogP contribution in [0.2, 0.25) is 0 Å². The van der Waals surface area contributed by atoms with Gasteiger partial charge in [0.05, 0.1) is 0 Å². The molecule has 0 radical (unpaired) electrons. The van der Waals surface area contributed by atoms with E-state index in [1.165, 1.54) is 12.8 Å². The van der Waals surface area contributed by atoms with E-state index < -0.39 is 5.97 Å². The standard InChI is InChI=1S/C18H27NO4/c1-2-3-4-5-9-12-17(20)19-15-18(21)23-14-13-22-16-10-7-6-8-11-16/h6-8,10-11H,2-5,9,12-15H2,1H3,(H,19,20). The molecule has 0 spiro atoms. The first-order chi connectivity index (χ1) is 11.2. The number of unbranched alkanes of at least 4 members (excludes halogenated alkanes) is 4. The van der Waals surface area contributed by atoms with Crippen LogP contribution in [-0.4, -0.2) is 31.6 Å². The molecule has 0 fully saturated rings. The van der Waals surface area contributed by atoms with Gasteiger partial charge in [-0.15, -0.1) is 0 Å². The van der Waals surface area contributed by atoms with Gasteiger partial charge in [-0.25, -0.2) is 0 Å². The summed E-state index contributed by atoms with van der Waals surface area (Å²) < 4.78 is 10.4. The minimum absolute atomic E-state index is 0.0842. The van der Waals surface area contributed by atoms with Gasteiger partial charge in [0.15, 0.2) is 0 Å². The molecule has 5 heteroatoms. The Balaban J connectivity index is 1.98. The fraction of sp³-hybridized carbons (Fsp3) is 0.556. The number of para-hydroxylation sites is 1. The molecule has 0 heterocycles. The Bertz CT molecular complexity index is 448. The maximum Gasteiger partial charge on any atom is 0.325 e. The zero-order chi connectivity index (χ0) is 16.8. The topological polar surface area (TPSA) is 64.6 Å². The summed E-state index contributed by atoms with van der Waals surface area (Å²) in [6.45, 7) is 2.53. The summed E-state index contributed by atoms with van der Waals surface area (Å²) in [4.78, 5) is 23.0. The molecule has 1 rings (SSSR count). The fourth-order valence-corrected chi connectivity index (χ4v) is 2.03. The smallest absolute Gasteiger partial charge is 0.325 e. The third-order valence-corrected chi connectivity index (χ3v) is 3.30. The first-order valence-corrected chi connectivity index (χ1v) is 8.32. The van der Waals surface area contributed by atoms with Gasteiger partial charge in [-0.05, 0) is 18.6 Å². The van der Waals surface area contributed by atoms with Gasteiger partial charge in [-0.2, -0.15) is 0 Å². The molecule has 0 aliphatic rings. The molecule has 0 saturated carbocycles. The van der Waals surface area contributed by atoms with E-state index >= 15 is 0 Å². The first-order valence-electron chi connectivity index (χ1n) is 8.32. The second kappa shape index (κ2) is 12.5. The van der Waals surface area contributed by atoms with Crippen molar-refractivity contribution >= 4 is 11.9 Å². The van der Waals surface area contributed by atoms with Gasteiger partial charge in [0.1, 0.15) is 25.5 Å². The third-order valence-electron chi connectivity index (χ3n) is 3.30. The molecule has 0 aromatic heterocycles. The molecule has 0 aliphatic heterocycles. The van der Waals surface area contributed by atoms with Crippen molar-refractivity contribution in [2.24, 2.45) is 0 Å². The van der Waals surface area contributed by atoms with Crippen LogP contribution in [0.3, 0.4) is 0 Å². The van der Waals surface area contributed by atoms with Crippen LogP contribution in [0.4, 0.5) is 0 Å². The van der Waals surface area contributed by atoms with Gasteiger partial charge in [0.2, 0.25) is 5.91 Å². The Labute approximate surface area is 138 Å². The monoisotopic (exact) mass is 321 g/mol. The Kier molecular flexibility index (Phi) is 10.3. The highest BCUT2D eigenvalue weighted by Gasteiger charge is 2.06. The normalized spacial score (nSPS) is 10.1. The van der Waals surface area contributed by atoms with Gasteiger partial charge in [0.25, 0.3) is 0 Å². The number of nitrogens with one attached hydrogen (secondary N) is 1. The molecule has 1 aromatic carbocycles. The second-order valence-electron chi connectivity index (χ2n) is 5.32. The summed E-state index contributed by atoms with van der Waals surface area (Å²) in [6, 6.07) is 9.32. The largest absolute Gasteiger partial charge is 0.490 e. The van der Waals surface area contributed by atoms with E-state index in [2.05, 4.69) is 12.2 Å². The van der Waals surface area contributed by atoms with E-state index in [1.807, 2.05) is 30.3 Å². The van der Waals surface area contributed by atoms with Crippen LogP contribution in [0.25, 0.3) is 0 Å². The summed E-state index contributed by atoms with van der Waals surface area (Å²) >= 11 is 0. The molecule has 0 unspecified atom stereocenters. The first kappa shape index (κ1) is 19.0. The number of hydrogen-bond acceptors (Lipinski definition) is 4. The highest BCUT2D eigenvalue weighted by molar-refractivity contribution is 5.81. The van der Waals surface area contributed by atoms with Crippen molar-refractivity contribution in [3.63, 3.8) is 0 Å². The Morgan fingerprint density at radius 1 is 1.00 bits per heavy atom. The summed E-state index contributed by atoms with van der Waals surface area (Å²) in [5, 5.41) is 2.58. The van der Waals surface area contributed by atoms with Crippen LogP contribution in [0.15, 0.2) is 30.3 Å². The van der Waals surface area contributed by atoms with Crippen LogP contribution >= 0.6 is 0 Å². The highest BCUT2D eigenvalue weighted by Crippen LogP contribution is 2.07. The van der Waals surface area contributed by atoms with Crippen LogP contribution < -0.4 is 10.1 Å². The Morgan fingerprint density at radius 2 is 1.74 bits per heavy atom. The van der Waals surface area contributed by atoms with Crippen molar-refractivity contribution < 1.29 is 19.1 Å². The summed E-state index contributed by atoms with van der Waals surface area (Å²) in [6.07, 6.45) is 5.95. The van der Waals surface area contributed by atoms with Crippen LogP contribution in [0, 0.1) is 0 Å². The van der Waals surface area contributed by atoms with E-state index in [0.717, 1.165) is 25.0 Å². The van der Waals surface area contributed by atoms with Gasteiger partial charge < -0.3 is 14.8 Å². The Hall–Kier alpha value is -2.04. The molecule has 128 valence electrons. The van der Waals surface area contributed by atoms with Crippen molar-refractivity contribution in [1.82, 2.24) is 5.32 Å². The SMILES string of the molecule is CCCCCCCC(=O)NCC(=O)OCCOc1ccccc1. The zero-order valence-corrected chi connectivity index (χ0v) is 13.9. The maximum absolute atomic E-state index is 11.6. The lowest BCUT2D eigenvalue weighted by atomic mass is 10.1. The molecule has 0 atom stereocenters. The lowest BCUT2D eigenvalue weighted by Gasteiger charge is -2.08. The molecule has 0 aliphatic carbocycles. The highest BCUT2D eigenvalue weighted by atomic mass is 16.6. The molecule has 5 nitrogen and oxygen atoms in total. The van der Waals surface area contributed by atoms with Crippen molar-refractivity contribution in [1.29, 1.82) is 0 Å². The summed E-state index contributed by atoms with van der Waals surface area (Å²) in [7, 11) is 0. The predicted molar refractivity (Wildman–Crippen MR) is 89.3 cm³/mol. The quantitative estimate of drug-likeness (QED) is 0.474. The minimum Gasteiger partial charge on any atom is -0.490 e. The van der Waals surface area contributed by atoms with Gasteiger partial charge in [-0.1, -0.05) is 50.8 Å². The maximum atomic E-state index is 11.6. The number of benzene rings is 1. The number of rotatable bonds is 12. The van der Waals surface area contributed by atoms with Crippen LogP contribution in [-0.2, 0) is 14.3 Å². The summed E-state index contributed by atoms with van der Waals surface area (Å²) in [5.74, 6) is 0.194. The van der Waals surface area contributed by atoms with Gasteiger partial charge in [-0.3, -0.25) is 9.59 Å². The number of carbonyl (C=O) groups excluding carboxylic acids is 2.